The predicted octanol–water partition coefficient (Wildman–Crippen LogP) is 6.89. The van der Waals surface area contributed by atoms with Crippen molar-refractivity contribution in [3.8, 4) is 11.3 Å². The van der Waals surface area contributed by atoms with Crippen LogP contribution in [0.15, 0.2) is 60.8 Å². The molecule has 0 aliphatic heterocycles. The summed E-state index contributed by atoms with van der Waals surface area (Å²) >= 11 is 0. The second-order valence-electron chi connectivity index (χ2n) is 10.7. The van der Waals surface area contributed by atoms with Gasteiger partial charge in [0.05, 0.1) is 16.8 Å². The molecule has 0 radical (unpaired) electrons. The van der Waals surface area contributed by atoms with Gasteiger partial charge in [-0.3, -0.25) is 4.98 Å². The number of nitrogens with zero attached hydrogens (tertiary/aromatic N) is 3. The Balaban J connectivity index is 1.56. The van der Waals surface area contributed by atoms with Gasteiger partial charge in [0.15, 0.2) is 11.4 Å². The highest BCUT2D eigenvalue weighted by atomic mass is 19.4. The van der Waals surface area contributed by atoms with Crippen LogP contribution in [0.3, 0.4) is 0 Å². The molecular weight excluding hydrogens is 509 g/mol. The van der Waals surface area contributed by atoms with Crippen molar-refractivity contribution in [2.75, 3.05) is 5.32 Å². The van der Waals surface area contributed by atoms with Crippen molar-refractivity contribution in [2.24, 2.45) is 0 Å². The van der Waals surface area contributed by atoms with Crippen LogP contribution in [0.4, 0.5) is 24.7 Å². The van der Waals surface area contributed by atoms with E-state index < -0.39 is 23.3 Å². The number of carboxylic acid groups (broad SMARTS) is 1. The zero-order valence-electron chi connectivity index (χ0n) is 21.6. The Hall–Kier alpha value is -4.05. The Morgan fingerprint density at radius 2 is 1.77 bits per heavy atom. The van der Waals surface area contributed by atoms with Crippen molar-refractivity contribution in [3.05, 3.63) is 77.7 Å². The molecule has 0 amide bonds. The molecule has 202 valence electrons. The standard InChI is InChI=1S/C29H27F3N4O3/c1-27(2,3)18-7-9-19(10-8-18)34-25-20-11-6-17(24-21(29(30,31)32)5-4-14-33-24)15-22(20)35-23(36-25)16-39-28(12-13-28)26(37)38/h4-11,14-15H,12-13,16H2,1-3H3,(H,37,38)(H,34,35,36). The molecule has 1 aliphatic rings. The summed E-state index contributed by atoms with van der Waals surface area (Å²) in [6, 6.07) is 14.8. The average molecular weight is 537 g/mol. The van der Waals surface area contributed by atoms with Crippen LogP contribution in [0, 0.1) is 0 Å². The van der Waals surface area contributed by atoms with Crippen LogP contribution in [0.25, 0.3) is 22.2 Å². The second kappa shape index (κ2) is 9.60. The molecule has 1 saturated carbocycles. The number of benzene rings is 2. The van der Waals surface area contributed by atoms with E-state index in [1.807, 2.05) is 24.3 Å². The van der Waals surface area contributed by atoms with Crippen LogP contribution in [-0.4, -0.2) is 31.6 Å². The molecule has 0 atom stereocenters. The van der Waals surface area contributed by atoms with E-state index in [0.29, 0.717) is 29.6 Å². The van der Waals surface area contributed by atoms with Gasteiger partial charge in [-0.1, -0.05) is 39.0 Å². The summed E-state index contributed by atoms with van der Waals surface area (Å²) in [7, 11) is 0. The summed E-state index contributed by atoms with van der Waals surface area (Å²) in [5, 5.41) is 13.3. The average Bonchev–Trinajstić information content (AvgIpc) is 3.68. The number of aromatic nitrogens is 3. The molecule has 0 bridgehead atoms. The van der Waals surface area contributed by atoms with Gasteiger partial charge in [0.25, 0.3) is 0 Å². The molecule has 0 spiro atoms. The zero-order valence-corrected chi connectivity index (χ0v) is 21.6. The Morgan fingerprint density at radius 1 is 1.05 bits per heavy atom. The highest BCUT2D eigenvalue weighted by Crippen LogP contribution is 2.41. The van der Waals surface area contributed by atoms with Gasteiger partial charge in [0.2, 0.25) is 0 Å². The van der Waals surface area contributed by atoms with Crippen molar-refractivity contribution in [1.29, 1.82) is 0 Å². The van der Waals surface area contributed by atoms with Gasteiger partial charge in [0.1, 0.15) is 12.4 Å². The molecule has 2 N–H and O–H groups in total. The number of anilines is 2. The van der Waals surface area contributed by atoms with E-state index in [2.05, 4.69) is 41.0 Å². The summed E-state index contributed by atoms with van der Waals surface area (Å²) in [6.45, 7) is 6.19. The summed E-state index contributed by atoms with van der Waals surface area (Å²) in [5.41, 5.74) is 0.191. The number of rotatable bonds is 7. The van der Waals surface area contributed by atoms with Crippen molar-refractivity contribution >= 4 is 28.4 Å². The molecule has 2 heterocycles. The van der Waals surface area contributed by atoms with Gasteiger partial charge < -0.3 is 15.2 Å². The Morgan fingerprint density at radius 3 is 2.38 bits per heavy atom. The smallest absolute Gasteiger partial charge is 0.418 e. The Labute approximate surface area is 223 Å². The number of fused-ring (bicyclic) bond motifs is 1. The lowest BCUT2D eigenvalue weighted by Gasteiger charge is -2.19. The molecule has 0 unspecified atom stereocenters. The largest absolute Gasteiger partial charge is 0.479 e. The third kappa shape index (κ3) is 5.56. The van der Waals surface area contributed by atoms with E-state index in [4.69, 9.17) is 4.74 Å². The maximum Gasteiger partial charge on any atom is 0.418 e. The minimum atomic E-state index is -4.58. The maximum absolute atomic E-state index is 13.7. The van der Waals surface area contributed by atoms with Crippen LogP contribution < -0.4 is 5.32 Å². The maximum atomic E-state index is 13.7. The minimum absolute atomic E-state index is 0.0231. The first-order valence-electron chi connectivity index (χ1n) is 12.4. The molecule has 0 saturated heterocycles. The topological polar surface area (TPSA) is 97.2 Å². The van der Waals surface area contributed by atoms with Crippen molar-refractivity contribution < 1.29 is 27.8 Å². The summed E-state index contributed by atoms with van der Waals surface area (Å²) in [4.78, 5) is 24.6. The van der Waals surface area contributed by atoms with Crippen LogP contribution in [0.5, 0.6) is 0 Å². The van der Waals surface area contributed by atoms with E-state index in [1.54, 1.807) is 12.1 Å². The lowest BCUT2D eigenvalue weighted by atomic mass is 9.87. The van der Waals surface area contributed by atoms with E-state index in [1.165, 1.54) is 18.3 Å². The first-order valence-corrected chi connectivity index (χ1v) is 12.4. The molecule has 1 aliphatic carbocycles. The zero-order chi connectivity index (χ0) is 28.0. The first-order chi connectivity index (χ1) is 18.4. The van der Waals surface area contributed by atoms with Gasteiger partial charge in [-0.25, -0.2) is 14.8 Å². The van der Waals surface area contributed by atoms with Crippen LogP contribution in [0.2, 0.25) is 0 Å². The van der Waals surface area contributed by atoms with E-state index in [0.717, 1.165) is 17.3 Å². The lowest BCUT2D eigenvalue weighted by molar-refractivity contribution is -0.154. The van der Waals surface area contributed by atoms with Gasteiger partial charge >= 0.3 is 12.1 Å². The number of carbonyl (C=O) groups is 1. The lowest BCUT2D eigenvalue weighted by Crippen LogP contribution is -2.26. The fourth-order valence-corrected chi connectivity index (χ4v) is 4.28. The number of pyridine rings is 1. The summed E-state index contributed by atoms with van der Waals surface area (Å²) in [5.74, 6) is -0.415. The van der Waals surface area contributed by atoms with Crippen molar-refractivity contribution in [2.45, 2.75) is 57.4 Å². The molecule has 39 heavy (non-hydrogen) atoms. The third-order valence-electron chi connectivity index (χ3n) is 6.71. The molecule has 10 heteroatoms. The number of nitrogens with one attached hydrogen (secondary N) is 1. The number of carboxylic acids is 1. The van der Waals surface area contributed by atoms with Gasteiger partial charge in [-0.15, -0.1) is 0 Å². The van der Waals surface area contributed by atoms with Crippen LogP contribution in [-0.2, 0) is 27.7 Å². The van der Waals surface area contributed by atoms with E-state index in [-0.39, 0.29) is 29.1 Å². The monoisotopic (exact) mass is 536 g/mol. The molecule has 7 nitrogen and oxygen atoms in total. The molecular formula is C29H27F3N4O3. The minimum Gasteiger partial charge on any atom is -0.479 e. The molecule has 5 rings (SSSR count). The number of alkyl halides is 3. The number of hydrogen-bond acceptors (Lipinski definition) is 6. The van der Waals surface area contributed by atoms with Gasteiger partial charge in [0, 0.05) is 22.8 Å². The van der Waals surface area contributed by atoms with Gasteiger partial charge in [-0.2, -0.15) is 13.2 Å². The number of hydrogen-bond donors (Lipinski definition) is 2. The molecule has 1 fully saturated rings. The Kier molecular flexibility index (Phi) is 6.54. The second-order valence-corrected chi connectivity index (χ2v) is 10.7. The van der Waals surface area contributed by atoms with E-state index >= 15 is 0 Å². The fraction of sp³-hybridized carbons (Fsp3) is 0.310. The Bertz CT molecular complexity index is 1540. The quantitative estimate of drug-likeness (QED) is 0.266. The highest BCUT2D eigenvalue weighted by Gasteiger charge is 2.52. The van der Waals surface area contributed by atoms with Crippen molar-refractivity contribution in [3.63, 3.8) is 0 Å². The van der Waals surface area contributed by atoms with Gasteiger partial charge in [-0.05, 0) is 60.2 Å². The molecule has 4 aromatic rings. The SMILES string of the molecule is CC(C)(C)c1ccc(Nc2nc(COC3(C(=O)O)CC3)nc3cc(-c4ncccc4C(F)(F)F)ccc23)cc1. The van der Waals surface area contributed by atoms with E-state index in [9.17, 15) is 23.1 Å². The highest BCUT2D eigenvalue weighted by molar-refractivity contribution is 5.93. The number of halogens is 3. The summed E-state index contributed by atoms with van der Waals surface area (Å²) in [6.07, 6.45) is -2.48. The predicted molar refractivity (Wildman–Crippen MR) is 141 cm³/mol. The first kappa shape index (κ1) is 26.6. The third-order valence-corrected chi connectivity index (χ3v) is 6.71. The fourth-order valence-electron chi connectivity index (χ4n) is 4.28. The summed E-state index contributed by atoms with van der Waals surface area (Å²) < 4.78 is 46.7. The number of ether oxygens (including phenoxy) is 1. The normalized spacial score (nSPS) is 14.8. The van der Waals surface area contributed by atoms with Crippen LogP contribution >= 0.6 is 0 Å². The van der Waals surface area contributed by atoms with Crippen molar-refractivity contribution in [1.82, 2.24) is 15.0 Å². The molecule has 2 aromatic heterocycles. The number of aliphatic carboxylic acids is 1. The van der Waals surface area contributed by atoms with Crippen LogP contribution in [0.1, 0.15) is 50.6 Å². The molecule has 2 aromatic carbocycles.